The maximum absolute atomic E-state index is 2.42. The zero-order chi connectivity index (χ0) is 14.2. The van der Waals surface area contributed by atoms with E-state index in [1.54, 1.807) is 0 Å². The molecule has 0 saturated heterocycles. The normalized spacial score (nSPS) is 11.3. The Kier molecular flexibility index (Phi) is 2.78. The van der Waals surface area contributed by atoms with Crippen LogP contribution in [0.3, 0.4) is 0 Å². The van der Waals surface area contributed by atoms with Crippen LogP contribution in [0.4, 0.5) is 0 Å². The number of aromatic nitrogens is 1. The SMILES string of the molecule is Cc1cccc(Cn2c3ccccc3c3ccccc32)c1. The molecule has 0 radical (unpaired) electrons. The number of nitrogens with zero attached hydrogens (tertiary/aromatic N) is 1. The lowest BCUT2D eigenvalue weighted by Crippen LogP contribution is -1.99. The number of hydrogen-bond acceptors (Lipinski definition) is 0. The van der Waals surface area contributed by atoms with Crippen molar-refractivity contribution >= 4 is 21.8 Å². The Morgan fingerprint density at radius 3 is 1.95 bits per heavy atom. The molecule has 21 heavy (non-hydrogen) atoms. The third-order valence-corrected chi connectivity index (χ3v) is 4.10. The molecule has 0 saturated carbocycles. The zero-order valence-electron chi connectivity index (χ0n) is 12.1. The Labute approximate surface area is 124 Å². The van der Waals surface area contributed by atoms with Crippen LogP contribution in [0.5, 0.6) is 0 Å². The molecular formula is C20H17N. The number of fused-ring (bicyclic) bond motifs is 3. The second-order valence-corrected chi connectivity index (χ2v) is 5.61. The maximum atomic E-state index is 2.42. The summed E-state index contributed by atoms with van der Waals surface area (Å²) in [5.41, 5.74) is 5.27. The maximum Gasteiger partial charge on any atom is 0.0494 e. The highest BCUT2D eigenvalue weighted by Crippen LogP contribution is 2.29. The lowest BCUT2D eigenvalue weighted by Gasteiger charge is -2.08. The first-order valence-corrected chi connectivity index (χ1v) is 7.34. The molecule has 0 aliphatic rings. The monoisotopic (exact) mass is 271 g/mol. The van der Waals surface area contributed by atoms with Crippen molar-refractivity contribution in [2.24, 2.45) is 0 Å². The van der Waals surface area contributed by atoms with Crippen molar-refractivity contribution in [3.05, 3.63) is 83.9 Å². The Morgan fingerprint density at radius 1 is 0.714 bits per heavy atom. The summed E-state index contributed by atoms with van der Waals surface area (Å²) in [6.45, 7) is 3.06. The first kappa shape index (κ1) is 12.2. The molecule has 4 rings (SSSR count). The van der Waals surface area contributed by atoms with E-state index in [4.69, 9.17) is 0 Å². The van der Waals surface area contributed by atoms with Gasteiger partial charge in [0.1, 0.15) is 0 Å². The van der Waals surface area contributed by atoms with Gasteiger partial charge in [0.2, 0.25) is 0 Å². The first-order chi connectivity index (χ1) is 10.3. The Morgan fingerprint density at radius 2 is 1.33 bits per heavy atom. The largest absolute Gasteiger partial charge is 0.336 e. The van der Waals surface area contributed by atoms with E-state index in [9.17, 15) is 0 Å². The Hall–Kier alpha value is -2.54. The second kappa shape index (κ2) is 4.78. The van der Waals surface area contributed by atoms with Gasteiger partial charge in [0.25, 0.3) is 0 Å². The molecule has 0 aliphatic carbocycles. The fraction of sp³-hybridized carbons (Fsp3) is 0.100. The quantitative estimate of drug-likeness (QED) is 0.475. The lowest BCUT2D eigenvalue weighted by atomic mass is 10.1. The Bertz CT molecular complexity index is 878. The molecule has 0 fully saturated rings. The zero-order valence-corrected chi connectivity index (χ0v) is 12.1. The lowest BCUT2D eigenvalue weighted by molar-refractivity contribution is 0.868. The minimum absolute atomic E-state index is 0.912. The predicted octanol–water partition coefficient (Wildman–Crippen LogP) is 5.15. The molecule has 1 heterocycles. The summed E-state index contributed by atoms with van der Waals surface area (Å²) in [4.78, 5) is 0. The summed E-state index contributed by atoms with van der Waals surface area (Å²) in [6.07, 6.45) is 0. The standard InChI is InChI=1S/C20H17N/c1-15-7-6-8-16(13-15)14-21-19-11-4-2-9-17(19)18-10-3-5-12-20(18)21/h2-13H,14H2,1H3. The van der Waals surface area contributed by atoms with Gasteiger partial charge in [0.15, 0.2) is 0 Å². The second-order valence-electron chi connectivity index (χ2n) is 5.61. The minimum atomic E-state index is 0.912. The van der Waals surface area contributed by atoms with E-state index in [2.05, 4.69) is 84.3 Å². The molecule has 0 bridgehead atoms. The van der Waals surface area contributed by atoms with Crippen LogP contribution in [0.25, 0.3) is 21.8 Å². The molecular weight excluding hydrogens is 254 g/mol. The summed E-state index contributed by atoms with van der Waals surface area (Å²) < 4.78 is 2.42. The fourth-order valence-corrected chi connectivity index (χ4v) is 3.17. The van der Waals surface area contributed by atoms with E-state index in [1.165, 1.54) is 32.9 Å². The topological polar surface area (TPSA) is 4.93 Å². The van der Waals surface area contributed by atoms with Gasteiger partial charge >= 0.3 is 0 Å². The van der Waals surface area contributed by atoms with Crippen LogP contribution in [-0.2, 0) is 6.54 Å². The number of para-hydroxylation sites is 2. The molecule has 0 atom stereocenters. The number of hydrogen-bond donors (Lipinski definition) is 0. The van der Waals surface area contributed by atoms with E-state index in [1.807, 2.05) is 0 Å². The van der Waals surface area contributed by atoms with Gasteiger partial charge in [-0.3, -0.25) is 0 Å². The van der Waals surface area contributed by atoms with Crippen LogP contribution >= 0.6 is 0 Å². The predicted molar refractivity (Wildman–Crippen MR) is 89.7 cm³/mol. The van der Waals surface area contributed by atoms with Crippen LogP contribution in [0.2, 0.25) is 0 Å². The van der Waals surface area contributed by atoms with Gasteiger partial charge in [-0.05, 0) is 24.6 Å². The van der Waals surface area contributed by atoms with Gasteiger partial charge in [-0.15, -0.1) is 0 Å². The molecule has 3 aromatic carbocycles. The smallest absolute Gasteiger partial charge is 0.0494 e. The van der Waals surface area contributed by atoms with E-state index in [0.717, 1.165) is 6.54 Å². The summed E-state index contributed by atoms with van der Waals surface area (Å²) in [7, 11) is 0. The van der Waals surface area contributed by atoms with Gasteiger partial charge in [0, 0.05) is 28.4 Å². The highest BCUT2D eigenvalue weighted by atomic mass is 15.0. The molecule has 1 heteroatoms. The summed E-state index contributed by atoms with van der Waals surface area (Å²) >= 11 is 0. The van der Waals surface area contributed by atoms with Crippen LogP contribution in [0.1, 0.15) is 11.1 Å². The highest BCUT2D eigenvalue weighted by Gasteiger charge is 2.09. The van der Waals surface area contributed by atoms with Crippen molar-refractivity contribution < 1.29 is 0 Å². The van der Waals surface area contributed by atoms with Crippen molar-refractivity contribution in [3.63, 3.8) is 0 Å². The van der Waals surface area contributed by atoms with Gasteiger partial charge in [-0.1, -0.05) is 66.2 Å². The van der Waals surface area contributed by atoms with E-state index in [-0.39, 0.29) is 0 Å². The molecule has 0 spiro atoms. The number of benzene rings is 3. The molecule has 4 aromatic rings. The van der Waals surface area contributed by atoms with Gasteiger partial charge in [0.05, 0.1) is 0 Å². The average molecular weight is 271 g/mol. The van der Waals surface area contributed by atoms with Crippen LogP contribution in [0.15, 0.2) is 72.8 Å². The summed E-state index contributed by atoms with van der Waals surface area (Å²) in [5.74, 6) is 0. The number of aryl methyl sites for hydroxylation is 1. The molecule has 0 aliphatic heterocycles. The molecule has 0 amide bonds. The van der Waals surface area contributed by atoms with E-state index >= 15 is 0 Å². The highest BCUT2D eigenvalue weighted by molar-refractivity contribution is 6.08. The molecule has 1 nitrogen and oxygen atoms in total. The number of rotatable bonds is 2. The van der Waals surface area contributed by atoms with Crippen molar-refractivity contribution in [1.82, 2.24) is 4.57 Å². The molecule has 1 aromatic heterocycles. The van der Waals surface area contributed by atoms with Crippen molar-refractivity contribution in [3.8, 4) is 0 Å². The summed E-state index contributed by atoms with van der Waals surface area (Å²) in [5, 5.41) is 2.67. The summed E-state index contributed by atoms with van der Waals surface area (Å²) in [6, 6.07) is 26.1. The molecule has 0 N–H and O–H groups in total. The van der Waals surface area contributed by atoms with Crippen molar-refractivity contribution in [2.75, 3.05) is 0 Å². The van der Waals surface area contributed by atoms with Crippen molar-refractivity contribution in [2.45, 2.75) is 13.5 Å². The van der Waals surface area contributed by atoms with Crippen LogP contribution < -0.4 is 0 Å². The van der Waals surface area contributed by atoms with Crippen LogP contribution in [-0.4, -0.2) is 4.57 Å². The van der Waals surface area contributed by atoms with Crippen molar-refractivity contribution in [1.29, 1.82) is 0 Å². The van der Waals surface area contributed by atoms with Gasteiger partial charge in [-0.2, -0.15) is 0 Å². The molecule has 0 unspecified atom stereocenters. The average Bonchev–Trinajstić information content (AvgIpc) is 2.83. The minimum Gasteiger partial charge on any atom is -0.336 e. The fourth-order valence-electron chi connectivity index (χ4n) is 3.17. The molecule has 102 valence electrons. The van der Waals surface area contributed by atoms with E-state index in [0.29, 0.717) is 0 Å². The Balaban J connectivity index is 1.97. The third kappa shape index (κ3) is 2.02. The first-order valence-electron chi connectivity index (χ1n) is 7.34. The third-order valence-electron chi connectivity index (χ3n) is 4.10. The van der Waals surface area contributed by atoms with Crippen LogP contribution in [0, 0.1) is 6.92 Å². The van der Waals surface area contributed by atoms with Gasteiger partial charge in [-0.25, -0.2) is 0 Å². The van der Waals surface area contributed by atoms with E-state index < -0.39 is 0 Å². The van der Waals surface area contributed by atoms with Gasteiger partial charge < -0.3 is 4.57 Å².